The van der Waals surface area contributed by atoms with Gasteiger partial charge in [-0.25, -0.2) is 0 Å². The van der Waals surface area contributed by atoms with Crippen molar-refractivity contribution in [1.82, 2.24) is 25.1 Å². The van der Waals surface area contributed by atoms with E-state index < -0.39 is 0 Å². The zero-order valence-corrected chi connectivity index (χ0v) is 9.58. The Kier molecular flexibility index (Phi) is 2.00. The Bertz CT molecular complexity index is 488. The molecule has 6 heteroatoms. The van der Waals surface area contributed by atoms with E-state index in [1.807, 2.05) is 11.4 Å². The topological polar surface area (TPSA) is 55.1 Å². The van der Waals surface area contributed by atoms with Crippen LogP contribution >= 0.6 is 11.3 Å². The predicted molar refractivity (Wildman–Crippen MR) is 58.2 cm³/mol. The van der Waals surface area contributed by atoms with Gasteiger partial charge in [-0.1, -0.05) is 18.3 Å². The molecule has 5 nitrogen and oxygen atoms in total. The number of nitrogens with one attached hydrogen (secondary N) is 1. The molecule has 0 aliphatic carbocycles. The monoisotopic (exact) mass is 223 g/mol. The maximum atomic E-state index is 4.57. The van der Waals surface area contributed by atoms with Crippen molar-refractivity contribution in [3.63, 3.8) is 0 Å². The third-order valence-corrected chi connectivity index (χ3v) is 4.03. The van der Waals surface area contributed by atoms with E-state index in [1.165, 1.54) is 5.01 Å². The summed E-state index contributed by atoms with van der Waals surface area (Å²) in [5.41, 5.74) is 0. The first kappa shape index (κ1) is 9.23. The molecule has 1 fully saturated rings. The molecular formula is C9H13N5S. The third kappa shape index (κ3) is 1.36. The summed E-state index contributed by atoms with van der Waals surface area (Å²) in [6, 6.07) is 0. The Balaban J connectivity index is 2.04. The van der Waals surface area contributed by atoms with E-state index in [9.17, 15) is 0 Å². The van der Waals surface area contributed by atoms with Crippen LogP contribution in [-0.4, -0.2) is 32.9 Å². The summed E-state index contributed by atoms with van der Waals surface area (Å²) in [7, 11) is 0. The van der Waals surface area contributed by atoms with Crippen LogP contribution in [-0.2, 0) is 0 Å². The number of hydrogen-bond donors (Lipinski definition) is 1. The van der Waals surface area contributed by atoms with Gasteiger partial charge in [0.05, 0.1) is 0 Å². The number of hydrogen-bond acceptors (Lipinski definition) is 5. The highest BCUT2D eigenvalue weighted by Gasteiger charge is 2.28. The Morgan fingerprint density at radius 3 is 2.93 bits per heavy atom. The van der Waals surface area contributed by atoms with Gasteiger partial charge in [-0.05, 0) is 19.4 Å². The maximum Gasteiger partial charge on any atom is 0.234 e. The fraction of sp³-hybridized carbons (Fsp3) is 0.667. The van der Waals surface area contributed by atoms with Crippen molar-refractivity contribution < 1.29 is 0 Å². The Morgan fingerprint density at radius 1 is 1.40 bits per heavy atom. The van der Waals surface area contributed by atoms with Crippen molar-refractivity contribution >= 4 is 16.3 Å². The number of aryl methyl sites for hydroxylation is 1. The molecule has 1 N–H and O–H groups in total. The van der Waals surface area contributed by atoms with Crippen molar-refractivity contribution in [3.8, 4) is 0 Å². The quantitative estimate of drug-likeness (QED) is 0.777. The van der Waals surface area contributed by atoms with E-state index in [-0.39, 0.29) is 0 Å². The first-order chi connectivity index (χ1) is 7.25. The lowest BCUT2D eigenvalue weighted by atomic mass is 9.99. The lowest BCUT2D eigenvalue weighted by Gasteiger charge is -2.08. The molecule has 15 heavy (non-hydrogen) atoms. The van der Waals surface area contributed by atoms with Crippen LogP contribution in [0, 0.1) is 12.8 Å². The molecule has 2 unspecified atom stereocenters. The molecule has 0 amide bonds. The molecule has 1 saturated heterocycles. The summed E-state index contributed by atoms with van der Waals surface area (Å²) in [5.74, 6) is 2.07. The summed E-state index contributed by atoms with van der Waals surface area (Å²) in [6.07, 6.45) is 0. The van der Waals surface area contributed by atoms with E-state index in [4.69, 9.17) is 0 Å². The van der Waals surface area contributed by atoms with Gasteiger partial charge in [0.15, 0.2) is 5.82 Å². The molecule has 0 radical (unpaired) electrons. The number of aromatic nitrogens is 4. The van der Waals surface area contributed by atoms with Gasteiger partial charge in [-0.2, -0.15) is 9.61 Å². The molecule has 1 aliphatic rings. The first-order valence-corrected chi connectivity index (χ1v) is 5.97. The minimum absolute atomic E-state index is 0.538. The molecule has 3 rings (SSSR count). The molecule has 0 bridgehead atoms. The molecule has 0 saturated carbocycles. The summed E-state index contributed by atoms with van der Waals surface area (Å²) < 4.78 is 1.84. The standard InChI is InChI=1S/C9H13N5S/c1-5-3-10-4-7(5)8-13-14-6(2)11-12-9(14)15-8/h5,7,10H,3-4H2,1-2H3. The second-order valence-electron chi connectivity index (χ2n) is 4.12. The lowest BCUT2D eigenvalue weighted by molar-refractivity contribution is 0.562. The van der Waals surface area contributed by atoms with E-state index >= 15 is 0 Å². The van der Waals surface area contributed by atoms with Crippen LogP contribution < -0.4 is 5.32 Å². The fourth-order valence-corrected chi connectivity index (χ4v) is 3.14. The molecule has 0 aromatic carbocycles. The zero-order chi connectivity index (χ0) is 10.4. The summed E-state index contributed by atoms with van der Waals surface area (Å²) >= 11 is 1.66. The van der Waals surface area contributed by atoms with E-state index in [1.54, 1.807) is 11.3 Å². The van der Waals surface area contributed by atoms with Crippen LogP contribution in [0.2, 0.25) is 0 Å². The second kappa shape index (κ2) is 3.24. The number of rotatable bonds is 1. The van der Waals surface area contributed by atoms with Crippen molar-refractivity contribution in [1.29, 1.82) is 0 Å². The van der Waals surface area contributed by atoms with Crippen LogP contribution in [0.5, 0.6) is 0 Å². The normalized spacial score (nSPS) is 26.5. The molecular weight excluding hydrogens is 210 g/mol. The molecule has 2 aromatic heterocycles. The Morgan fingerprint density at radius 2 is 2.27 bits per heavy atom. The van der Waals surface area contributed by atoms with Gasteiger partial charge < -0.3 is 5.32 Å². The predicted octanol–water partition coefficient (Wildman–Crippen LogP) is 0.817. The van der Waals surface area contributed by atoms with Gasteiger partial charge in [0.1, 0.15) is 5.01 Å². The average molecular weight is 223 g/mol. The molecule has 2 atom stereocenters. The van der Waals surface area contributed by atoms with Gasteiger partial charge in [0.2, 0.25) is 4.96 Å². The van der Waals surface area contributed by atoms with Crippen molar-refractivity contribution in [2.45, 2.75) is 19.8 Å². The van der Waals surface area contributed by atoms with E-state index in [2.05, 4.69) is 27.5 Å². The first-order valence-electron chi connectivity index (χ1n) is 5.15. The van der Waals surface area contributed by atoms with Crippen LogP contribution in [0.4, 0.5) is 0 Å². The number of nitrogens with zero attached hydrogens (tertiary/aromatic N) is 4. The van der Waals surface area contributed by atoms with Crippen LogP contribution in [0.3, 0.4) is 0 Å². The lowest BCUT2D eigenvalue weighted by Crippen LogP contribution is -2.08. The summed E-state index contributed by atoms with van der Waals surface area (Å²) in [6.45, 7) is 6.31. The van der Waals surface area contributed by atoms with Gasteiger partial charge in [-0.15, -0.1) is 10.2 Å². The minimum atomic E-state index is 0.538. The Labute approximate surface area is 91.5 Å². The highest BCUT2D eigenvalue weighted by Crippen LogP contribution is 2.30. The van der Waals surface area contributed by atoms with Gasteiger partial charge >= 0.3 is 0 Å². The van der Waals surface area contributed by atoms with Crippen LogP contribution in [0.25, 0.3) is 4.96 Å². The molecule has 0 spiro atoms. The maximum absolute atomic E-state index is 4.57. The SMILES string of the molecule is Cc1nnc2sc(C3CNCC3C)nn12. The molecule has 80 valence electrons. The largest absolute Gasteiger partial charge is 0.316 e. The summed E-state index contributed by atoms with van der Waals surface area (Å²) in [5, 5.41) is 17.2. The van der Waals surface area contributed by atoms with Crippen molar-refractivity contribution in [2.24, 2.45) is 5.92 Å². The molecule has 3 heterocycles. The molecule has 2 aromatic rings. The van der Waals surface area contributed by atoms with Gasteiger partial charge in [0, 0.05) is 12.5 Å². The highest BCUT2D eigenvalue weighted by atomic mass is 32.1. The second-order valence-corrected chi connectivity index (χ2v) is 5.11. The number of fused-ring (bicyclic) bond motifs is 1. The fourth-order valence-electron chi connectivity index (χ4n) is 2.02. The minimum Gasteiger partial charge on any atom is -0.316 e. The van der Waals surface area contributed by atoms with Crippen molar-refractivity contribution in [3.05, 3.63) is 10.8 Å². The van der Waals surface area contributed by atoms with Crippen LogP contribution in [0.15, 0.2) is 0 Å². The third-order valence-electron chi connectivity index (χ3n) is 3.00. The van der Waals surface area contributed by atoms with Crippen LogP contribution in [0.1, 0.15) is 23.7 Å². The molecule has 1 aliphatic heterocycles. The van der Waals surface area contributed by atoms with Gasteiger partial charge in [0.25, 0.3) is 0 Å². The highest BCUT2D eigenvalue weighted by molar-refractivity contribution is 7.16. The summed E-state index contributed by atoms with van der Waals surface area (Å²) in [4.78, 5) is 0.904. The Hall–Kier alpha value is -1.01. The van der Waals surface area contributed by atoms with E-state index in [0.29, 0.717) is 11.8 Å². The van der Waals surface area contributed by atoms with Crippen molar-refractivity contribution in [2.75, 3.05) is 13.1 Å². The smallest absolute Gasteiger partial charge is 0.234 e. The zero-order valence-electron chi connectivity index (χ0n) is 8.77. The van der Waals surface area contributed by atoms with E-state index in [0.717, 1.165) is 23.9 Å². The average Bonchev–Trinajstić information content (AvgIpc) is 2.84. The van der Waals surface area contributed by atoms with Gasteiger partial charge in [-0.3, -0.25) is 0 Å².